The van der Waals surface area contributed by atoms with Crippen molar-refractivity contribution in [3.05, 3.63) is 34.3 Å². The summed E-state index contributed by atoms with van der Waals surface area (Å²) < 4.78 is 6.49. The Hall–Kier alpha value is -0.340. The summed E-state index contributed by atoms with van der Waals surface area (Å²) in [6.07, 6.45) is 2.74. The molecule has 0 unspecified atom stereocenters. The first-order valence-electron chi connectivity index (χ1n) is 4.93. The fraction of sp³-hybridized carbons (Fsp3) is 0.500. The number of benzene rings is 1. The average molecular weight is 255 g/mol. The largest absolute Gasteiger partial charge is 0.381 e. The van der Waals surface area contributed by atoms with Crippen LogP contribution >= 0.6 is 15.9 Å². The van der Waals surface area contributed by atoms with Crippen LogP contribution in [0.1, 0.15) is 25.3 Å². The highest BCUT2D eigenvalue weighted by atomic mass is 79.9. The SMILES string of the molecule is CO[C@H]1C[C@@](C)(c2cccc(Br)c2)C1. The van der Waals surface area contributed by atoms with Gasteiger partial charge in [-0.2, -0.15) is 0 Å². The molecule has 1 aromatic rings. The maximum absolute atomic E-state index is 5.32. The molecular formula is C12H15BrO. The molecule has 1 nitrogen and oxygen atoms in total. The molecule has 0 heterocycles. The number of halogens is 1. The first kappa shape index (κ1) is 10.2. The van der Waals surface area contributed by atoms with E-state index < -0.39 is 0 Å². The Morgan fingerprint density at radius 1 is 1.43 bits per heavy atom. The van der Waals surface area contributed by atoms with Crippen LogP contribution in [0.25, 0.3) is 0 Å². The van der Waals surface area contributed by atoms with E-state index in [9.17, 15) is 0 Å². The summed E-state index contributed by atoms with van der Waals surface area (Å²) in [4.78, 5) is 0. The fourth-order valence-corrected chi connectivity index (χ4v) is 2.61. The van der Waals surface area contributed by atoms with E-state index in [0.717, 1.165) is 17.3 Å². The summed E-state index contributed by atoms with van der Waals surface area (Å²) in [5.41, 5.74) is 1.74. The van der Waals surface area contributed by atoms with Crippen molar-refractivity contribution in [2.24, 2.45) is 0 Å². The van der Waals surface area contributed by atoms with E-state index in [0.29, 0.717) is 11.5 Å². The lowest BCUT2D eigenvalue weighted by atomic mass is 9.64. The van der Waals surface area contributed by atoms with Crippen LogP contribution in [-0.2, 0) is 10.2 Å². The first-order valence-corrected chi connectivity index (χ1v) is 5.72. The van der Waals surface area contributed by atoms with E-state index in [1.807, 2.05) is 0 Å². The lowest BCUT2D eigenvalue weighted by Gasteiger charge is -2.45. The van der Waals surface area contributed by atoms with Gasteiger partial charge in [0.1, 0.15) is 0 Å². The summed E-state index contributed by atoms with van der Waals surface area (Å²) in [5, 5.41) is 0. The van der Waals surface area contributed by atoms with E-state index in [4.69, 9.17) is 4.74 Å². The van der Waals surface area contributed by atoms with Crippen molar-refractivity contribution in [1.82, 2.24) is 0 Å². The molecular weight excluding hydrogens is 240 g/mol. The molecule has 0 radical (unpaired) electrons. The molecule has 1 aliphatic carbocycles. The summed E-state index contributed by atoms with van der Waals surface area (Å²) in [7, 11) is 1.80. The molecule has 0 aromatic heterocycles. The summed E-state index contributed by atoms with van der Waals surface area (Å²) in [6.45, 7) is 2.31. The highest BCUT2D eigenvalue weighted by Gasteiger charge is 2.41. The molecule has 0 amide bonds. The van der Waals surface area contributed by atoms with Crippen LogP contribution in [0.5, 0.6) is 0 Å². The lowest BCUT2D eigenvalue weighted by Crippen LogP contribution is -2.43. The Bertz CT molecular complexity index is 329. The smallest absolute Gasteiger partial charge is 0.0588 e. The van der Waals surface area contributed by atoms with E-state index in [1.165, 1.54) is 5.56 Å². The Balaban J connectivity index is 2.16. The third-order valence-electron chi connectivity index (χ3n) is 3.21. The molecule has 1 fully saturated rings. The van der Waals surface area contributed by atoms with E-state index in [-0.39, 0.29) is 0 Å². The van der Waals surface area contributed by atoms with Crippen molar-refractivity contribution in [2.75, 3.05) is 7.11 Å². The van der Waals surface area contributed by atoms with Gasteiger partial charge in [0, 0.05) is 11.6 Å². The molecule has 0 spiro atoms. The van der Waals surface area contributed by atoms with E-state index >= 15 is 0 Å². The number of rotatable bonds is 2. The topological polar surface area (TPSA) is 9.23 Å². The van der Waals surface area contributed by atoms with Gasteiger partial charge in [0.05, 0.1) is 6.10 Å². The number of hydrogen-bond donors (Lipinski definition) is 0. The predicted octanol–water partition coefficient (Wildman–Crippen LogP) is 3.52. The Morgan fingerprint density at radius 3 is 2.71 bits per heavy atom. The molecule has 1 aromatic carbocycles. The van der Waals surface area contributed by atoms with Crippen molar-refractivity contribution in [1.29, 1.82) is 0 Å². The molecule has 1 saturated carbocycles. The van der Waals surface area contributed by atoms with Crippen molar-refractivity contribution < 1.29 is 4.74 Å². The van der Waals surface area contributed by atoms with Gasteiger partial charge in [-0.25, -0.2) is 0 Å². The van der Waals surface area contributed by atoms with Crippen LogP contribution < -0.4 is 0 Å². The van der Waals surface area contributed by atoms with Gasteiger partial charge in [0.2, 0.25) is 0 Å². The predicted molar refractivity (Wildman–Crippen MR) is 61.5 cm³/mol. The molecule has 0 bridgehead atoms. The van der Waals surface area contributed by atoms with E-state index in [2.05, 4.69) is 47.1 Å². The van der Waals surface area contributed by atoms with Crippen molar-refractivity contribution in [3.63, 3.8) is 0 Å². The standard InChI is InChI=1S/C12H15BrO/c1-12(7-11(8-12)14-2)9-4-3-5-10(13)6-9/h3-6,11H,7-8H2,1-2H3/t11-,12+. The molecule has 14 heavy (non-hydrogen) atoms. The van der Waals surface area contributed by atoms with Gasteiger partial charge in [-0.05, 0) is 36.0 Å². The molecule has 0 atom stereocenters. The molecule has 0 N–H and O–H groups in total. The monoisotopic (exact) mass is 254 g/mol. The average Bonchev–Trinajstić information content (AvgIpc) is 2.13. The molecule has 76 valence electrons. The fourth-order valence-electron chi connectivity index (χ4n) is 2.21. The Labute approximate surface area is 93.6 Å². The van der Waals surface area contributed by atoms with Crippen molar-refractivity contribution >= 4 is 15.9 Å². The molecule has 2 rings (SSSR count). The van der Waals surface area contributed by atoms with Gasteiger partial charge < -0.3 is 4.74 Å². The van der Waals surface area contributed by atoms with Crippen molar-refractivity contribution in [2.45, 2.75) is 31.3 Å². The minimum Gasteiger partial charge on any atom is -0.381 e. The second-order valence-electron chi connectivity index (χ2n) is 4.34. The number of methoxy groups -OCH3 is 1. The Kier molecular flexibility index (Phi) is 2.67. The Morgan fingerprint density at radius 2 is 2.14 bits per heavy atom. The lowest BCUT2D eigenvalue weighted by molar-refractivity contribution is -0.0112. The molecule has 0 aliphatic heterocycles. The van der Waals surface area contributed by atoms with Crippen LogP contribution in [0, 0.1) is 0 Å². The minimum atomic E-state index is 0.324. The minimum absolute atomic E-state index is 0.324. The molecule has 1 aliphatic rings. The van der Waals surface area contributed by atoms with Crippen LogP contribution in [-0.4, -0.2) is 13.2 Å². The van der Waals surface area contributed by atoms with Gasteiger partial charge in [-0.1, -0.05) is 35.0 Å². The molecule has 2 heteroatoms. The number of hydrogen-bond acceptors (Lipinski definition) is 1. The zero-order chi connectivity index (χ0) is 10.2. The van der Waals surface area contributed by atoms with Crippen molar-refractivity contribution in [3.8, 4) is 0 Å². The van der Waals surface area contributed by atoms with Crippen LogP contribution in [0.3, 0.4) is 0 Å². The van der Waals surface area contributed by atoms with Gasteiger partial charge in [-0.3, -0.25) is 0 Å². The summed E-state index contributed by atoms with van der Waals surface area (Å²) in [5.74, 6) is 0. The maximum atomic E-state index is 5.32. The quantitative estimate of drug-likeness (QED) is 0.785. The van der Waals surface area contributed by atoms with Gasteiger partial charge in [0.25, 0.3) is 0 Å². The number of ether oxygens (including phenoxy) is 1. The first-order chi connectivity index (χ1) is 6.64. The third-order valence-corrected chi connectivity index (χ3v) is 3.70. The third kappa shape index (κ3) is 1.73. The zero-order valence-corrected chi connectivity index (χ0v) is 10.2. The summed E-state index contributed by atoms with van der Waals surface area (Å²) in [6, 6.07) is 8.59. The van der Waals surface area contributed by atoms with Gasteiger partial charge in [0.15, 0.2) is 0 Å². The zero-order valence-electron chi connectivity index (χ0n) is 8.59. The van der Waals surface area contributed by atoms with Gasteiger partial charge >= 0.3 is 0 Å². The van der Waals surface area contributed by atoms with E-state index in [1.54, 1.807) is 7.11 Å². The second-order valence-corrected chi connectivity index (χ2v) is 5.25. The molecule has 0 saturated heterocycles. The summed E-state index contributed by atoms with van der Waals surface area (Å²) >= 11 is 3.51. The normalized spacial score (nSPS) is 31.2. The van der Waals surface area contributed by atoms with Crippen LogP contribution in [0.2, 0.25) is 0 Å². The highest BCUT2D eigenvalue weighted by molar-refractivity contribution is 9.10. The van der Waals surface area contributed by atoms with Crippen LogP contribution in [0.4, 0.5) is 0 Å². The van der Waals surface area contributed by atoms with Gasteiger partial charge in [-0.15, -0.1) is 0 Å². The van der Waals surface area contributed by atoms with Crippen LogP contribution in [0.15, 0.2) is 28.7 Å². The maximum Gasteiger partial charge on any atom is 0.0588 e. The second kappa shape index (κ2) is 3.67. The highest BCUT2D eigenvalue weighted by Crippen LogP contribution is 2.45.